The molecule has 5 heteroatoms. The van der Waals surface area contributed by atoms with Crippen molar-refractivity contribution in [3.8, 4) is 0 Å². The van der Waals surface area contributed by atoms with E-state index in [1.165, 1.54) is 11.3 Å². The predicted molar refractivity (Wildman–Crippen MR) is 56.6 cm³/mol. The van der Waals surface area contributed by atoms with Crippen molar-refractivity contribution in [2.24, 2.45) is 0 Å². The van der Waals surface area contributed by atoms with Crippen LogP contribution >= 0.6 is 22.9 Å². The van der Waals surface area contributed by atoms with E-state index in [0.29, 0.717) is 10.0 Å². The number of nitrogens with one attached hydrogen (secondary N) is 2. The first-order valence-corrected chi connectivity index (χ1v) is 5.16. The smallest absolute Gasteiger partial charge is 0.319 e. The van der Waals surface area contributed by atoms with Gasteiger partial charge in [-0.15, -0.1) is 11.3 Å². The summed E-state index contributed by atoms with van der Waals surface area (Å²) in [5, 5.41) is 7.18. The van der Waals surface area contributed by atoms with Gasteiger partial charge in [0.15, 0.2) is 0 Å². The standard InChI is InChI=1S/C8H11ClN2OS/c1-5(2)10-8(12)11-6-3-4-13-7(6)9/h3-5H,1-2H3,(H2,10,11,12). The van der Waals surface area contributed by atoms with Crippen LogP contribution in [0.4, 0.5) is 10.5 Å². The highest BCUT2D eigenvalue weighted by Crippen LogP contribution is 2.27. The molecule has 2 amide bonds. The molecule has 1 aromatic heterocycles. The molecule has 0 fully saturated rings. The quantitative estimate of drug-likeness (QED) is 0.788. The van der Waals surface area contributed by atoms with Crippen molar-refractivity contribution in [2.45, 2.75) is 19.9 Å². The van der Waals surface area contributed by atoms with Crippen LogP contribution in [0.25, 0.3) is 0 Å². The van der Waals surface area contributed by atoms with Crippen molar-refractivity contribution in [1.29, 1.82) is 0 Å². The third-order valence-electron chi connectivity index (χ3n) is 1.29. The normalized spacial score (nSPS) is 10.2. The van der Waals surface area contributed by atoms with Crippen LogP contribution in [0.2, 0.25) is 4.34 Å². The molecule has 0 spiro atoms. The second-order valence-corrected chi connectivity index (χ2v) is 4.38. The average Bonchev–Trinajstić information content (AvgIpc) is 2.34. The molecule has 72 valence electrons. The van der Waals surface area contributed by atoms with Crippen LogP contribution in [-0.2, 0) is 0 Å². The van der Waals surface area contributed by atoms with Gasteiger partial charge in [0, 0.05) is 6.04 Å². The molecule has 1 rings (SSSR count). The summed E-state index contributed by atoms with van der Waals surface area (Å²) in [6.45, 7) is 3.80. The summed E-state index contributed by atoms with van der Waals surface area (Å²) in [5.74, 6) is 0. The molecule has 0 aromatic carbocycles. The number of halogens is 1. The van der Waals surface area contributed by atoms with E-state index in [4.69, 9.17) is 11.6 Å². The number of thiophene rings is 1. The van der Waals surface area contributed by atoms with Gasteiger partial charge in [-0.05, 0) is 25.3 Å². The lowest BCUT2D eigenvalue weighted by molar-refractivity contribution is 0.250. The fraction of sp³-hybridized carbons (Fsp3) is 0.375. The molecule has 1 aromatic rings. The third kappa shape index (κ3) is 3.24. The molecule has 0 unspecified atom stereocenters. The first-order valence-electron chi connectivity index (χ1n) is 3.90. The number of rotatable bonds is 2. The highest BCUT2D eigenvalue weighted by molar-refractivity contribution is 7.15. The number of carbonyl (C=O) groups is 1. The Morgan fingerprint density at radius 1 is 1.62 bits per heavy atom. The van der Waals surface area contributed by atoms with Gasteiger partial charge < -0.3 is 10.6 Å². The van der Waals surface area contributed by atoms with Crippen LogP contribution in [0, 0.1) is 0 Å². The van der Waals surface area contributed by atoms with Crippen LogP contribution in [0.5, 0.6) is 0 Å². The zero-order chi connectivity index (χ0) is 9.84. The van der Waals surface area contributed by atoms with Crippen LogP contribution < -0.4 is 10.6 Å². The summed E-state index contributed by atoms with van der Waals surface area (Å²) in [6.07, 6.45) is 0. The van der Waals surface area contributed by atoms with Crippen LogP contribution in [0.15, 0.2) is 11.4 Å². The minimum absolute atomic E-state index is 0.123. The summed E-state index contributed by atoms with van der Waals surface area (Å²) < 4.78 is 0.596. The Bertz CT molecular complexity index is 298. The fourth-order valence-corrected chi connectivity index (χ4v) is 1.64. The second-order valence-electron chi connectivity index (χ2n) is 2.86. The highest BCUT2D eigenvalue weighted by Gasteiger charge is 2.06. The zero-order valence-corrected chi connectivity index (χ0v) is 9.00. The van der Waals surface area contributed by atoms with Crippen molar-refractivity contribution in [3.05, 3.63) is 15.8 Å². The van der Waals surface area contributed by atoms with Gasteiger partial charge in [-0.1, -0.05) is 11.6 Å². The summed E-state index contributed by atoms with van der Waals surface area (Å²) in [7, 11) is 0. The molecular formula is C8H11ClN2OS. The summed E-state index contributed by atoms with van der Waals surface area (Å²) in [4.78, 5) is 11.2. The molecule has 13 heavy (non-hydrogen) atoms. The van der Waals surface area contributed by atoms with Gasteiger partial charge in [0.2, 0.25) is 0 Å². The third-order valence-corrected chi connectivity index (χ3v) is 2.46. The van der Waals surface area contributed by atoms with Crippen LogP contribution in [0.3, 0.4) is 0 Å². The van der Waals surface area contributed by atoms with E-state index in [1.807, 2.05) is 19.2 Å². The molecule has 1 heterocycles. The highest BCUT2D eigenvalue weighted by atomic mass is 35.5. The van der Waals surface area contributed by atoms with E-state index in [2.05, 4.69) is 10.6 Å². The van der Waals surface area contributed by atoms with Crippen molar-refractivity contribution in [2.75, 3.05) is 5.32 Å². The van der Waals surface area contributed by atoms with Gasteiger partial charge in [0.05, 0.1) is 5.69 Å². The van der Waals surface area contributed by atoms with Gasteiger partial charge in [0.1, 0.15) is 4.34 Å². The Morgan fingerprint density at radius 3 is 2.77 bits per heavy atom. The van der Waals surface area contributed by atoms with E-state index in [1.54, 1.807) is 6.07 Å². The number of amides is 2. The summed E-state index contributed by atoms with van der Waals surface area (Å²) in [5.41, 5.74) is 0.657. The number of hydrogen-bond acceptors (Lipinski definition) is 2. The van der Waals surface area contributed by atoms with E-state index >= 15 is 0 Å². The molecule has 3 nitrogen and oxygen atoms in total. The van der Waals surface area contributed by atoms with Crippen molar-refractivity contribution in [3.63, 3.8) is 0 Å². The topological polar surface area (TPSA) is 41.1 Å². The summed E-state index contributed by atoms with van der Waals surface area (Å²) >= 11 is 7.18. The van der Waals surface area contributed by atoms with Gasteiger partial charge in [-0.25, -0.2) is 4.79 Å². The Hall–Kier alpha value is -0.740. The Kier molecular flexibility index (Phi) is 3.57. The minimum Gasteiger partial charge on any atom is -0.336 e. The van der Waals surface area contributed by atoms with Crippen LogP contribution in [-0.4, -0.2) is 12.1 Å². The molecule has 0 radical (unpaired) electrons. The van der Waals surface area contributed by atoms with Crippen molar-refractivity contribution < 1.29 is 4.79 Å². The zero-order valence-electron chi connectivity index (χ0n) is 7.43. The molecule has 0 aliphatic carbocycles. The van der Waals surface area contributed by atoms with Crippen molar-refractivity contribution >= 4 is 34.7 Å². The maximum absolute atomic E-state index is 11.2. The maximum atomic E-state index is 11.2. The molecule has 0 aliphatic rings. The molecule has 2 N–H and O–H groups in total. The molecule has 0 atom stereocenters. The van der Waals surface area contributed by atoms with Crippen molar-refractivity contribution in [1.82, 2.24) is 5.32 Å². The van der Waals surface area contributed by atoms with Gasteiger partial charge in [0.25, 0.3) is 0 Å². The largest absolute Gasteiger partial charge is 0.336 e. The molecule has 0 bridgehead atoms. The maximum Gasteiger partial charge on any atom is 0.319 e. The van der Waals surface area contributed by atoms with E-state index < -0.39 is 0 Å². The minimum atomic E-state index is -0.227. The van der Waals surface area contributed by atoms with E-state index in [9.17, 15) is 4.79 Å². The lowest BCUT2D eigenvalue weighted by Gasteiger charge is -2.08. The fourth-order valence-electron chi connectivity index (χ4n) is 0.802. The lowest BCUT2D eigenvalue weighted by Crippen LogP contribution is -2.34. The number of carbonyl (C=O) groups excluding carboxylic acids is 1. The molecule has 0 saturated heterocycles. The number of anilines is 1. The van der Waals surface area contributed by atoms with Gasteiger partial charge in [-0.2, -0.15) is 0 Å². The monoisotopic (exact) mass is 218 g/mol. The van der Waals surface area contributed by atoms with E-state index in [-0.39, 0.29) is 12.1 Å². The average molecular weight is 219 g/mol. The second kappa shape index (κ2) is 4.48. The van der Waals surface area contributed by atoms with Gasteiger partial charge >= 0.3 is 6.03 Å². The number of hydrogen-bond donors (Lipinski definition) is 2. The predicted octanol–water partition coefficient (Wildman–Crippen LogP) is 2.93. The first kappa shape index (κ1) is 10.3. The Balaban J connectivity index is 2.50. The molecule has 0 aliphatic heterocycles. The Labute approximate surface area is 86.1 Å². The van der Waals surface area contributed by atoms with Gasteiger partial charge in [-0.3, -0.25) is 0 Å². The lowest BCUT2D eigenvalue weighted by atomic mass is 10.4. The molecular weight excluding hydrogens is 208 g/mol. The summed E-state index contributed by atoms with van der Waals surface area (Å²) in [6, 6.07) is 1.67. The SMILES string of the molecule is CC(C)NC(=O)Nc1ccsc1Cl. The van der Waals surface area contributed by atoms with E-state index in [0.717, 1.165) is 0 Å². The van der Waals surface area contributed by atoms with Crippen LogP contribution in [0.1, 0.15) is 13.8 Å². The number of urea groups is 1. The Morgan fingerprint density at radius 2 is 2.31 bits per heavy atom. The molecule has 0 saturated carbocycles. The first-order chi connectivity index (χ1) is 6.09.